The van der Waals surface area contributed by atoms with Crippen LogP contribution in [0, 0.1) is 0 Å². The number of methoxy groups -OCH3 is 1. The predicted molar refractivity (Wildman–Crippen MR) is 101 cm³/mol. The average molecular weight is 345 g/mol. The van der Waals surface area contributed by atoms with Crippen LogP contribution >= 0.6 is 0 Å². The van der Waals surface area contributed by atoms with Gasteiger partial charge in [-0.3, -0.25) is 4.79 Å². The van der Waals surface area contributed by atoms with Gasteiger partial charge in [0, 0.05) is 29.7 Å². The lowest BCUT2D eigenvalue weighted by atomic mass is 9.82. The largest absolute Gasteiger partial charge is 0.497 e. The van der Waals surface area contributed by atoms with Crippen LogP contribution in [0.15, 0.2) is 66.7 Å². The molecule has 130 valence electrons. The summed E-state index contributed by atoms with van der Waals surface area (Å²) in [5.74, 6) is 2.23. The first-order chi connectivity index (χ1) is 12.7. The number of para-hydroxylation sites is 2. The molecule has 0 atom stereocenters. The second-order valence-corrected chi connectivity index (χ2v) is 6.25. The molecular weight excluding hydrogens is 326 g/mol. The third-order valence-corrected chi connectivity index (χ3v) is 4.56. The fourth-order valence-corrected chi connectivity index (χ4v) is 3.46. The van der Waals surface area contributed by atoms with Crippen molar-refractivity contribution in [2.75, 3.05) is 12.4 Å². The number of carbonyl (C=O) groups is 1. The number of hydrogen-bond donors (Lipinski definition) is 1. The monoisotopic (exact) mass is 345 g/mol. The molecule has 1 aliphatic rings. The number of benzene rings is 3. The maximum absolute atomic E-state index is 11.7. The maximum Gasteiger partial charge on any atom is 0.221 e. The van der Waals surface area contributed by atoms with Gasteiger partial charge in [-0.15, -0.1) is 0 Å². The summed E-state index contributed by atoms with van der Waals surface area (Å²) >= 11 is 0. The summed E-state index contributed by atoms with van der Waals surface area (Å²) in [5, 5.41) is 2.95. The number of amides is 1. The van der Waals surface area contributed by atoms with Crippen LogP contribution < -0.4 is 14.8 Å². The minimum Gasteiger partial charge on any atom is -0.497 e. The van der Waals surface area contributed by atoms with Gasteiger partial charge in [0.1, 0.15) is 17.2 Å². The standard InChI is InChI=1S/C22H19NO3/c1-14(24)23-19-12-11-15(25-2)13-18(19)22-16-7-3-5-9-20(16)26-21-10-6-4-8-17(21)22/h3-13,22H,1-2H3,(H,23,24). The van der Waals surface area contributed by atoms with E-state index in [4.69, 9.17) is 9.47 Å². The number of fused-ring (bicyclic) bond motifs is 2. The quantitative estimate of drug-likeness (QED) is 0.572. The molecule has 0 spiro atoms. The summed E-state index contributed by atoms with van der Waals surface area (Å²) < 4.78 is 11.5. The lowest BCUT2D eigenvalue weighted by Gasteiger charge is -2.30. The molecule has 0 aliphatic carbocycles. The molecule has 4 heteroatoms. The van der Waals surface area contributed by atoms with Crippen LogP contribution in [0.1, 0.15) is 29.5 Å². The second-order valence-electron chi connectivity index (χ2n) is 6.25. The van der Waals surface area contributed by atoms with Crippen LogP contribution in [0.4, 0.5) is 5.69 Å². The van der Waals surface area contributed by atoms with Crippen LogP contribution in [0.3, 0.4) is 0 Å². The third kappa shape index (κ3) is 2.80. The van der Waals surface area contributed by atoms with Crippen molar-refractivity contribution < 1.29 is 14.3 Å². The molecular formula is C22H19NO3. The molecule has 1 N–H and O–H groups in total. The Bertz CT molecular complexity index is 935. The summed E-state index contributed by atoms with van der Waals surface area (Å²) in [6.07, 6.45) is 0. The van der Waals surface area contributed by atoms with Crippen molar-refractivity contribution in [2.24, 2.45) is 0 Å². The second kappa shape index (κ2) is 6.56. The Labute approximate surface area is 152 Å². The minimum atomic E-state index is -0.106. The molecule has 4 rings (SSSR count). The lowest BCUT2D eigenvalue weighted by molar-refractivity contribution is -0.114. The SMILES string of the molecule is COc1ccc(NC(C)=O)c(C2c3ccccc3Oc3ccccc32)c1. The van der Waals surface area contributed by atoms with Crippen LogP contribution in [0.2, 0.25) is 0 Å². The van der Waals surface area contributed by atoms with Crippen molar-refractivity contribution in [3.63, 3.8) is 0 Å². The Morgan fingerprint density at radius 1 is 0.923 bits per heavy atom. The molecule has 3 aromatic carbocycles. The summed E-state index contributed by atoms with van der Waals surface area (Å²) in [7, 11) is 1.64. The molecule has 1 amide bonds. The highest BCUT2D eigenvalue weighted by Crippen LogP contribution is 2.49. The summed E-state index contributed by atoms with van der Waals surface area (Å²) in [4.78, 5) is 11.7. The van der Waals surface area contributed by atoms with Gasteiger partial charge in [-0.2, -0.15) is 0 Å². The smallest absolute Gasteiger partial charge is 0.221 e. The van der Waals surface area contributed by atoms with E-state index in [1.54, 1.807) is 7.11 Å². The van der Waals surface area contributed by atoms with Crippen molar-refractivity contribution in [3.8, 4) is 17.2 Å². The maximum atomic E-state index is 11.7. The number of rotatable bonds is 3. The molecule has 3 aromatic rings. The Balaban J connectivity index is 1.97. The lowest BCUT2D eigenvalue weighted by Crippen LogP contribution is -2.15. The van der Waals surface area contributed by atoms with E-state index in [0.717, 1.165) is 39.6 Å². The number of ether oxygens (including phenoxy) is 2. The van der Waals surface area contributed by atoms with Gasteiger partial charge >= 0.3 is 0 Å². The predicted octanol–water partition coefficient (Wildman–Crippen LogP) is 4.94. The van der Waals surface area contributed by atoms with E-state index in [-0.39, 0.29) is 11.8 Å². The fourth-order valence-electron chi connectivity index (χ4n) is 3.46. The molecule has 1 heterocycles. The Morgan fingerprint density at radius 2 is 1.54 bits per heavy atom. The highest BCUT2D eigenvalue weighted by Gasteiger charge is 2.30. The van der Waals surface area contributed by atoms with Gasteiger partial charge in [0.05, 0.1) is 7.11 Å². The first-order valence-electron chi connectivity index (χ1n) is 8.48. The van der Waals surface area contributed by atoms with Crippen LogP contribution in [-0.2, 0) is 4.79 Å². The first kappa shape index (κ1) is 16.2. The van der Waals surface area contributed by atoms with E-state index < -0.39 is 0 Å². The van der Waals surface area contributed by atoms with Gasteiger partial charge in [0.25, 0.3) is 0 Å². The Kier molecular flexibility index (Phi) is 4.09. The van der Waals surface area contributed by atoms with Gasteiger partial charge in [-0.25, -0.2) is 0 Å². The topological polar surface area (TPSA) is 47.6 Å². The normalized spacial score (nSPS) is 12.5. The van der Waals surface area contributed by atoms with E-state index in [9.17, 15) is 4.79 Å². The van der Waals surface area contributed by atoms with E-state index in [2.05, 4.69) is 17.4 Å². The zero-order valence-corrected chi connectivity index (χ0v) is 14.7. The number of anilines is 1. The van der Waals surface area contributed by atoms with Crippen molar-refractivity contribution in [1.82, 2.24) is 0 Å². The molecule has 0 fully saturated rings. The molecule has 0 unspecified atom stereocenters. The molecule has 0 aromatic heterocycles. The number of carbonyl (C=O) groups excluding carboxylic acids is 1. The van der Waals surface area contributed by atoms with Crippen molar-refractivity contribution in [2.45, 2.75) is 12.8 Å². The van der Waals surface area contributed by atoms with Gasteiger partial charge in [0.15, 0.2) is 0 Å². The average Bonchev–Trinajstić information content (AvgIpc) is 2.66. The Hall–Kier alpha value is -3.27. The fraction of sp³-hybridized carbons (Fsp3) is 0.136. The Morgan fingerprint density at radius 3 is 2.12 bits per heavy atom. The van der Waals surface area contributed by atoms with Gasteiger partial charge < -0.3 is 14.8 Å². The van der Waals surface area contributed by atoms with Crippen molar-refractivity contribution in [1.29, 1.82) is 0 Å². The minimum absolute atomic E-state index is 0.0619. The van der Waals surface area contributed by atoms with E-state index in [1.807, 2.05) is 54.6 Å². The molecule has 0 radical (unpaired) electrons. The van der Waals surface area contributed by atoms with Crippen molar-refractivity contribution >= 4 is 11.6 Å². The molecule has 26 heavy (non-hydrogen) atoms. The van der Waals surface area contributed by atoms with E-state index in [1.165, 1.54) is 6.92 Å². The number of hydrogen-bond acceptors (Lipinski definition) is 3. The van der Waals surface area contributed by atoms with Crippen LogP contribution in [0.5, 0.6) is 17.2 Å². The summed E-state index contributed by atoms with van der Waals surface area (Å²) in [5.41, 5.74) is 3.87. The van der Waals surface area contributed by atoms with Gasteiger partial charge in [-0.1, -0.05) is 36.4 Å². The highest BCUT2D eigenvalue weighted by atomic mass is 16.5. The molecule has 0 saturated heterocycles. The third-order valence-electron chi connectivity index (χ3n) is 4.56. The van der Waals surface area contributed by atoms with Crippen LogP contribution in [-0.4, -0.2) is 13.0 Å². The van der Waals surface area contributed by atoms with Crippen molar-refractivity contribution in [3.05, 3.63) is 83.4 Å². The molecule has 1 aliphatic heterocycles. The zero-order valence-electron chi connectivity index (χ0n) is 14.7. The van der Waals surface area contributed by atoms with Gasteiger partial charge in [0.2, 0.25) is 5.91 Å². The highest BCUT2D eigenvalue weighted by molar-refractivity contribution is 5.90. The van der Waals surface area contributed by atoms with E-state index >= 15 is 0 Å². The first-order valence-corrected chi connectivity index (χ1v) is 8.48. The number of nitrogens with one attached hydrogen (secondary N) is 1. The van der Waals surface area contributed by atoms with E-state index in [0.29, 0.717) is 0 Å². The summed E-state index contributed by atoms with van der Waals surface area (Å²) in [6, 6.07) is 21.7. The molecule has 0 saturated carbocycles. The van der Waals surface area contributed by atoms with Gasteiger partial charge in [-0.05, 0) is 35.9 Å². The zero-order chi connectivity index (χ0) is 18.1. The molecule has 0 bridgehead atoms. The molecule has 4 nitrogen and oxygen atoms in total. The van der Waals surface area contributed by atoms with Crippen LogP contribution in [0.25, 0.3) is 0 Å². The summed E-state index contributed by atoms with van der Waals surface area (Å²) in [6.45, 7) is 1.51.